The zero-order valence-electron chi connectivity index (χ0n) is 10.6. The number of halogens is 1. The number of rotatable bonds is 6. The number of carboxylic acid groups (broad SMARTS) is 1. The molecule has 0 fully saturated rings. The van der Waals surface area contributed by atoms with Gasteiger partial charge in [-0.1, -0.05) is 22.0 Å². The van der Waals surface area contributed by atoms with Crippen LogP contribution in [0.15, 0.2) is 28.7 Å². The summed E-state index contributed by atoms with van der Waals surface area (Å²) >= 11 is 3.36. The van der Waals surface area contributed by atoms with Crippen molar-refractivity contribution in [1.82, 2.24) is 0 Å². The van der Waals surface area contributed by atoms with Crippen LogP contribution in [0.3, 0.4) is 0 Å². The number of hydrogen-bond donors (Lipinski definition) is 1. The first-order valence-corrected chi connectivity index (χ1v) is 6.66. The summed E-state index contributed by atoms with van der Waals surface area (Å²) in [6.07, 6.45) is 3.47. The lowest BCUT2D eigenvalue weighted by Gasteiger charge is -2.04. The molecule has 0 unspecified atom stereocenters. The Balaban J connectivity index is 2.73. The average Bonchev–Trinajstić information content (AvgIpc) is 2.34. The van der Waals surface area contributed by atoms with E-state index in [1.54, 1.807) is 6.92 Å². The fraction of sp³-hybridized carbons (Fsp3) is 0.286. The summed E-state index contributed by atoms with van der Waals surface area (Å²) in [6.45, 7) is 2.15. The van der Waals surface area contributed by atoms with Crippen molar-refractivity contribution in [2.45, 2.75) is 19.8 Å². The monoisotopic (exact) mass is 326 g/mol. The lowest BCUT2D eigenvalue weighted by Crippen LogP contribution is -2.05. The van der Waals surface area contributed by atoms with Gasteiger partial charge in [-0.05, 0) is 42.7 Å². The molecule has 0 aromatic heterocycles. The molecular formula is C14H15BrO4. The first-order valence-electron chi connectivity index (χ1n) is 5.87. The predicted molar refractivity (Wildman–Crippen MR) is 75.8 cm³/mol. The minimum Gasteiger partial charge on any atom is -0.478 e. The Labute approximate surface area is 120 Å². The summed E-state index contributed by atoms with van der Waals surface area (Å²) in [5.74, 6) is -1.22. The largest absolute Gasteiger partial charge is 0.478 e. The van der Waals surface area contributed by atoms with Gasteiger partial charge in [-0.3, -0.25) is 4.79 Å². The number of benzene rings is 1. The molecule has 0 aliphatic rings. The van der Waals surface area contributed by atoms with Gasteiger partial charge in [0.2, 0.25) is 0 Å². The van der Waals surface area contributed by atoms with Crippen LogP contribution in [0.4, 0.5) is 0 Å². The molecule has 1 N–H and O–H groups in total. The average molecular weight is 327 g/mol. The van der Waals surface area contributed by atoms with E-state index in [1.807, 2.05) is 18.2 Å². The highest BCUT2D eigenvalue weighted by Gasteiger charge is 2.04. The van der Waals surface area contributed by atoms with Crippen molar-refractivity contribution in [1.29, 1.82) is 0 Å². The molecule has 0 atom stereocenters. The van der Waals surface area contributed by atoms with Crippen molar-refractivity contribution >= 4 is 33.9 Å². The van der Waals surface area contributed by atoms with E-state index in [0.29, 0.717) is 19.4 Å². The zero-order chi connectivity index (χ0) is 14.3. The predicted octanol–water partition coefficient (Wildman–Crippen LogP) is 3.04. The highest BCUT2D eigenvalue weighted by Crippen LogP contribution is 2.18. The van der Waals surface area contributed by atoms with Gasteiger partial charge in [0.15, 0.2) is 0 Å². The first kappa shape index (κ1) is 15.4. The SMILES string of the molecule is CCOC(=O)CCc1cc(Br)cc(/C=C/C(=O)O)c1. The highest BCUT2D eigenvalue weighted by atomic mass is 79.9. The van der Waals surface area contributed by atoms with Crippen LogP contribution in [0.1, 0.15) is 24.5 Å². The van der Waals surface area contributed by atoms with Crippen LogP contribution in [0.5, 0.6) is 0 Å². The lowest BCUT2D eigenvalue weighted by molar-refractivity contribution is -0.143. The Morgan fingerprint density at radius 3 is 2.74 bits per heavy atom. The fourth-order valence-corrected chi connectivity index (χ4v) is 2.12. The number of hydrogen-bond acceptors (Lipinski definition) is 3. The Kier molecular flexibility index (Phi) is 6.29. The summed E-state index contributed by atoms with van der Waals surface area (Å²) in [5, 5.41) is 8.59. The van der Waals surface area contributed by atoms with E-state index in [2.05, 4.69) is 15.9 Å². The number of carbonyl (C=O) groups excluding carboxylic acids is 1. The second-order valence-electron chi connectivity index (χ2n) is 3.87. The maximum atomic E-state index is 11.3. The molecule has 19 heavy (non-hydrogen) atoms. The lowest BCUT2D eigenvalue weighted by atomic mass is 10.1. The van der Waals surface area contributed by atoms with E-state index < -0.39 is 5.97 Å². The Morgan fingerprint density at radius 2 is 2.11 bits per heavy atom. The summed E-state index contributed by atoms with van der Waals surface area (Å²) < 4.78 is 5.71. The topological polar surface area (TPSA) is 63.6 Å². The third-order valence-electron chi connectivity index (χ3n) is 2.32. The van der Waals surface area contributed by atoms with Crippen LogP contribution < -0.4 is 0 Å². The molecule has 0 bridgehead atoms. The molecule has 1 rings (SSSR count). The van der Waals surface area contributed by atoms with Crippen LogP contribution in [0, 0.1) is 0 Å². The van der Waals surface area contributed by atoms with Gasteiger partial charge in [0, 0.05) is 17.0 Å². The van der Waals surface area contributed by atoms with Crippen LogP contribution in [0.25, 0.3) is 6.08 Å². The van der Waals surface area contributed by atoms with Gasteiger partial charge in [-0.2, -0.15) is 0 Å². The van der Waals surface area contributed by atoms with Gasteiger partial charge >= 0.3 is 11.9 Å². The van der Waals surface area contributed by atoms with Gasteiger partial charge in [-0.25, -0.2) is 4.79 Å². The highest BCUT2D eigenvalue weighted by molar-refractivity contribution is 9.10. The maximum Gasteiger partial charge on any atom is 0.328 e. The molecule has 0 saturated heterocycles. The third kappa shape index (κ3) is 6.20. The van der Waals surface area contributed by atoms with Crippen LogP contribution in [-0.4, -0.2) is 23.7 Å². The van der Waals surface area contributed by atoms with E-state index in [9.17, 15) is 9.59 Å². The number of aryl methyl sites for hydroxylation is 1. The molecule has 0 radical (unpaired) electrons. The number of aliphatic carboxylic acids is 1. The molecule has 0 amide bonds. The van der Waals surface area contributed by atoms with Crippen molar-refractivity contribution in [3.63, 3.8) is 0 Å². The Morgan fingerprint density at radius 1 is 1.37 bits per heavy atom. The summed E-state index contributed by atoms with van der Waals surface area (Å²) in [7, 11) is 0. The maximum absolute atomic E-state index is 11.3. The van der Waals surface area contributed by atoms with Gasteiger partial charge in [0.1, 0.15) is 0 Å². The molecule has 0 spiro atoms. The zero-order valence-corrected chi connectivity index (χ0v) is 12.1. The molecule has 0 heterocycles. The van der Waals surface area contributed by atoms with Crippen LogP contribution >= 0.6 is 15.9 Å². The van der Waals surface area contributed by atoms with E-state index in [4.69, 9.17) is 9.84 Å². The smallest absolute Gasteiger partial charge is 0.328 e. The first-order chi connectivity index (χ1) is 9.01. The van der Waals surface area contributed by atoms with Gasteiger partial charge in [0.05, 0.1) is 6.61 Å². The molecule has 1 aromatic carbocycles. The van der Waals surface area contributed by atoms with E-state index in [0.717, 1.165) is 21.7 Å². The number of carbonyl (C=O) groups is 2. The molecule has 0 saturated carbocycles. The minimum absolute atomic E-state index is 0.231. The Bertz CT molecular complexity index is 494. The number of ether oxygens (including phenoxy) is 1. The summed E-state index contributed by atoms with van der Waals surface area (Å²) in [6, 6.07) is 5.56. The molecular weight excluding hydrogens is 312 g/mol. The molecule has 102 valence electrons. The van der Waals surface area contributed by atoms with Gasteiger partial charge in [0.25, 0.3) is 0 Å². The minimum atomic E-state index is -0.993. The number of carboxylic acids is 1. The van der Waals surface area contributed by atoms with Crippen molar-refractivity contribution < 1.29 is 19.4 Å². The second kappa shape index (κ2) is 7.74. The van der Waals surface area contributed by atoms with E-state index >= 15 is 0 Å². The summed E-state index contributed by atoms with van der Waals surface area (Å²) in [5.41, 5.74) is 1.73. The van der Waals surface area contributed by atoms with Crippen molar-refractivity contribution in [2.24, 2.45) is 0 Å². The second-order valence-corrected chi connectivity index (χ2v) is 4.79. The molecule has 4 nitrogen and oxygen atoms in total. The van der Waals surface area contributed by atoms with Gasteiger partial charge in [-0.15, -0.1) is 0 Å². The number of esters is 1. The molecule has 5 heteroatoms. The summed E-state index contributed by atoms with van der Waals surface area (Å²) in [4.78, 5) is 21.7. The molecule has 1 aromatic rings. The fourth-order valence-electron chi connectivity index (χ4n) is 1.56. The normalized spacial score (nSPS) is 10.6. The quantitative estimate of drug-likeness (QED) is 0.644. The van der Waals surface area contributed by atoms with Crippen molar-refractivity contribution in [3.05, 3.63) is 39.9 Å². The van der Waals surface area contributed by atoms with Gasteiger partial charge < -0.3 is 9.84 Å². The van der Waals surface area contributed by atoms with Crippen LogP contribution in [-0.2, 0) is 20.7 Å². The van der Waals surface area contributed by atoms with Crippen molar-refractivity contribution in [3.8, 4) is 0 Å². The third-order valence-corrected chi connectivity index (χ3v) is 2.78. The molecule has 0 aliphatic heterocycles. The van der Waals surface area contributed by atoms with E-state index in [-0.39, 0.29) is 5.97 Å². The standard InChI is InChI=1S/C14H15BrO4/c1-2-19-14(18)6-4-11-7-10(3-5-13(16)17)8-12(15)9-11/h3,5,7-9H,2,4,6H2,1H3,(H,16,17)/b5-3+. The Hall–Kier alpha value is -1.62. The van der Waals surface area contributed by atoms with Crippen molar-refractivity contribution in [2.75, 3.05) is 6.61 Å². The van der Waals surface area contributed by atoms with Crippen LogP contribution in [0.2, 0.25) is 0 Å². The van der Waals surface area contributed by atoms with E-state index in [1.165, 1.54) is 6.08 Å². The molecule has 0 aliphatic carbocycles.